The zero-order chi connectivity index (χ0) is 15.6. The largest absolute Gasteiger partial charge is 0.336 e. The zero-order valence-electron chi connectivity index (χ0n) is 13.4. The van der Waals surface area contributed by atoms with Crippen molar-refractivity contribution in [3.05, 3.63) is 29.6 Å². The van der Waals surface area contributed by atoms with E-state index < -0.39 is 10.0 Å². The second-order valence-corrected chi connectivity index (χ2v) is 10.4. The van der Waals surface area contributed by atoms with Crippen LogP contribution in [-0.2, 0) is 0 Å². The molecular weight excluding hydrogens is 268 g/mol. The van der Waals surface area contributed by atoms with Crippen LogP contribution in [0.2, 0.25) is 0 Å². The molecule has 0 aliphatic carbocycles. The van der Waals surface area contributed by atoms with E-state index in [-0.39, 0.29) is 11.4 Å². The van der Waals surface area contributed by atoms with Crippen LogP contribution in [0.5, 0.6) is 0 Å². The predicted octanol–water partition coefficient (Wildman–Crippen LogP) is 2.96. The fourth-order valence-electron chi connectivity index (χ4n) is 1.28. The quantitative estimate of drug-likeness (QED) is 0.746. The molecule has 0 spiro atoms. The third kappa shape index (κ3) is 4.90. The third-order valence-electron chi connectivity index (χ3n) is 2.80. The molecule has 0 N–H and O–H groups in total. The van der Waals surface area contributed by atoms with Gasteiger partial charge in [0.1, 0.15) is 5.69 Å². The van der Waals surface area contributed by atoms with E-state index >= 15 is 0 Å². The van der Waals surface area contributed by atoms with Crippen LogP contribution in [0, 0.1) is 11.2 Å². The molecule has 0 aliphatic rings. The lowest BCUT2D eigenvalue weighted by Crippen LogP contribution is -2.42. The number of nitrogens with zero attached hydrogens (tertiary/aromatic N) is 2. The standard InChI is InChI=1S/C16H24N2OS/c1-16(2,3)18(4)15(19)14-9-8-13(12-17-14)10-11-20(5,6)7/h8-9,12H,1-7H3. The molecule has 4 heteroatoms. The van der Waals surface area contributed by atoms with E-state index in [4.69, 9.17) is 0 Å². The first kappa shape index (κ1) is 16.6. The molecule has 1 aromatic heterocycles. The summed E-state index contributed by atoms with van der Waals surface area (Å²) in [4.78, 5) is 18.2. The van der Waals surface area contributed by atoms with Crippen LogP contribution < -0.4 is 0 Å². The SMILES string of the molecule is CN(C(=O)c1ccc(C#CS(C)(C)C)cn1)C(C)(C)C. The van der Waals surface area contributed by atoms with E-state index in [1.54, 1.807) is 24.2 Å². The second kappa shape index (κ2) is 5.88. The monoisotopic (exact) mass is 292 g/mol. The topological polar surface area (TPSA) is 33.2 Å². The summed E-state index contributed by atoms with van der Waals surface area (Å²) in [6.45, 7) is 5.99. The van der Waals surface area contributed by atoms with Gasteiger partial charge in [-0.15, -0.1) is 0 Å². The molecule has 1 rings (SSSR count). The Morgan fingerprint density at radius 3 is 2.25 bits per heavy atom. The second-order valence-electron chi connectivity index (χ2n) is 6.53. The number of hydrogen-bond donors (Lipinski definition) is 0. The third-order valence-corrected chi connectivity index (χ3v) is 3.51. The van der Waals surface area contributed by atoms with Gasteiger partial charge < -0.3 is 4.90 Å². The molecule has 0 saturated carbocycles. The van der Waals surface area contributed by atoms with Gasteiger partial charge >= 0.3 is 0 Å². The highest BCUT2D eigenvalue weighted by Crippen LogP contribution is 2.32. The van der Waals surface area contributed by atoms with Crippen molar-refractivity contribution in [2.75, 3.05) is 25.8 Å². The normalized spacial score (nSPS) is 12.3. The Kier molecular flexibility index (Phi) is 4.88. The van der Waals surface area contributed by atoms with E-state index in [0.717, 1.165) is 5.56 Å². The summed E-state index contributed by atoms with van der Waals surface area (Å²) in [5, 5.41) is 3.23. The molecule has 1 aromatic rings. The summed E-state index contributed by atoms with van der Waals surface area (Å²) >= 11 is 0. The summed E-state index contributed by atoms with van der Waals surface area (Å²) in [7, 11) is 0.947. The van der Waals surface area contributed by atoms with Crippen molar-refractivity contribution in [3.8, 4) is 11.2 Å². The zero-order valence-corrected chi connectivity index (χ0v) is 14.3. The molecule has 0 saturated heterocycles. The fraction of sp³-hybridized carbons (Fsp3) is 0.500. The average molecular weight is 292 g/mol. The van der Waals surface area contributed by atoms with Crippen molar-refractivity contribution in [2.24, 2.45) is 0 Å². The van der Waals surface area contributed by atoms with Crippen LogP contribution in [0.15, 0.2) is 18.3 Å². The van der Waals surface area contributed by atoms with Crippen LogP contribution >= 0.6 is 10.0 Å². The van der Waals surface area contributed by atoms with Gasteiger partial charge in [-0.2, -0.15) is 10.0 Å². The maximum absolute atomic E-state index is 12.3. The van der Waals surface area contributed by atoms with E-state index in [2.05, 4.69) is 34.9 Å². The Labute approximate surface area is 124 Å². The molecule has 20 heavy (non-hydrogen) atoms. The van der Waals surface area contributed by atoms with Crippen molar-refractivity contribution < 1.29 is 4.79 Å². The van der Waals surface area contributed by atoms with Crippen molar-refractivity contribution in [3.63, 3.8) is 0 Å². The maximum Gasteiger partial charge on any atom is 0.272 e. The van der Waals surface area contributed by atoms with E-state index in [1.165, 1.54) is 0 Å². The predicted molar refractivity (Wildman–Crippen MR) is 88.3 cm³/mol. The Balaban J connectivity index is 2.92. The van der Waals surface area contributed by atoms with Gasteiger partial charge in [0.15, 0.2) is 0 Å². The van der Waals surface area contributed by atoms with Gasteiger partial charge in [-0.3, -0.25) is 4.79 Å². The number of carbonyl (C=O) groups is 1. The smallest absolute Gasteiger partial charge is 0.272 e. The van der Waals surface area contributed by atoms with Gasteiger partial charge in [-0.1, -0.05) is 5.92 Å². The molecule has 0 radical (unpaired) electrons. The van der Waals surface area contributed by atoms with Gasteiger partial charge in [-0.05, 0) is 56.9 Å². The summed E-state index contributed by atoms with van der Waals surface area (Å²) in [5.74, 6) is 3.04. The first-order valence-corrected chi connectivity index (χ1v) is 9.32. The first-order valence-electron chi connectivity index (χ1n) is 6.46. The van der Waals surface area contributed by atoms with Crippen LogP contribution in [0.4, 0.5) is 0 Å². The highest BCUT2D eigenvalue weighted by atomic mass is 32.3. The minimum absolute atomic E-state index is 0.0709. The number of aromatic nitrogens is 1. The Hall–Kier alpha value is -1.47. The molecular formula is C16H24N2OS. The average Bonchev–Trinajstić information content (AvgIpc) is 2.33. The van der Waals surface area contributed by atoms with Crippen LogP contribution in [0.25, 0.3) is 0 Å². The molecule has 110 valence electrons. The van der Waals surface area contributed by atoms with E-state index in [0.29, 0.717) is 5.69 Å². The van der Waals surface area contributed by atoms with Gasteiger partial charge in [0, 0.05) is 24.3 Å². The van der Waals surface area contributed by atoms with Crippen molar-refractivity contribution in [1.29, 1.82) is 0 Å². The number of carbonyl (C=O) groups excluding carboxylic acids is 1. The highest BCUT2D eigenvalue weighted by molar-refractivity contribution is 8.35. The minimum atomic E-state index is -0.846. The maximum atomic E-state index is 12.3. The summed E-state index contributed by atoms with van der Waals surface area (Å²) < 4.78 is 0. The van der Waals surface area contributed by atoms with Crippen LogP contribution in [0.3, 0.4) is 0 Å². The molecule has 3 nitrogen and oxygen atoms in total. The lowest BCUT2D eigenvalue weighted by molar-refractivity contribution is 0.0649. The lowest BCUT2D eigenvalue weighted by atomic mass is 10.1. The molecule has 0 fully saturated rings. The van der Waals surface area contributed by atoms with Gasteiger partial charge in [0.2, 0.25) is 0 Å². The fourth-order valence-corrected chi connectivity index (χ4v) is 1.71. The Morgan fingerprint density at radius 1 is 1.25 bits per heavy atom. The molecule has 0 bridgehead atoms. The molecule has 0 atom stereocenters. The molecule has 0 aliphatic heterocycles. The summed E-state index contributed by atoms with van der Waals surface area (Å²) in [6, 6.07) is 3.60. The highest BCUT2D eigenvalue weighted by Gasteiger charge is 2.23. The van der Waals surface area contributed by atoms with Crippen LogP contribution in [0.1, 0.15) is 36.8 Å². The molecule has 0 aromatic carbocycles. The van der Waals surface area contributed by atoms with Gasteiger partial charge in [-0.25, -0.2) is 4.98 Å². The molecule has 0 unspecified atom stereocenters. The van der Waals surface area contributed by atoms with Crippen LogP contribution in [-0.4, -0.2) is 47.1 Å². The number of amides is 1. The first-order chi connectivity index (χ1) is 9.00. The van der Waals surface area contributed by atoms with E-state index in [1.807, 2.05) is 26.8 Å². The number of hydrogen-bond acceptors (Lipinski definition) is 2. The van der Waals surface area contributed by atoms with Crippen molar-refractivity contribution in [2.45, 2.75) is 26.3 Å². The molecule has 1 amide bonds. The van der Waals surface area contributed by atoms with Crippen molar-refractivity contribution in [1.82, 2.24) is 9.88 Å². The minimum Gasteiger partial charge on any atom is -0.336 e. The van der Waals surface area contributed by atoms with Gasteiger partial charge in [0.25, 0.3) is 5.91 Å². The van der Waals surface area contributed by atoms with Gasteiger partial charge in [0.05, 0.1) is 0 Å². The molecule has 1 heterocycles. The van der Waals surface area contributed by atoms with Crippen molar-refractivity contribution >= 4 is 15.9 Å². The summed E-state index contributed by atoms with van der Waals surface area (Å²) in [5.41, 5.74) is 1.09. The lowest BCUT2D eigenvalue weighted by Gasteiger charge is -2.31. The Morgan fingerprint density at radius 2 is 1.85 bits per heavy atom. The number of pyridine rings is 1. The Bertz CT molecular complexity index is 539. The number of rotatable bonds is 1. The van der Waals surface area contributed by atoms with E-state index in [9.17, 15) is 4.79 Å². The summed E-state index contributed by atoms with van der Waals surface area (Å²) in [6.07, 6.45) is 8.10.